The van der Waals surface area contributed by atoms with Gasteiger partial charge in [0.2, 0.25) is 0 Å². The minimum Gasteiger partial charge on any atom is -0.340 e. The summed E-state index contributed by atoms with van der Waals surface area (Å²) in [6, 6.07) is 20.0. The van der Waals surface area contributed by atoms with Crippen molar-refractivity contribution in [2.24, 2.45) is 0 Å². The highest BCUT2D eigenvalue weighted by Gasteiger charge is 2.23. The molecule has 0 saturated heterocycles. The lowest BCUT2D eigenvalue weighted by molar-refractivity contribution is 0.102. The molecule has 0 aliphatic carbocycles. The van der Waals surface area contributed by atoms with Crippen LogP contribution in [0.25, 0.3) is 11.3 Å². The Morgan fingerprint density at radius 3 is 2.41 bits per heavy atom. The van der Waals surface area contributed by atoms with E-state index in [1.54, 1.807) is 18.5 Å². The number of aromatic nitrogens is 2. The maximum atomic E-state index is 13.4. The summed E-state index contributed by atoms with van der Waals surface area (Å²) in [5.41, 5.74) is 4.10. The molecule has 1 amide bonds. The number of carbonyl (C=O) groups is 1. The molecule has 2 aromatic heterocycles. The summed E-state index contributed by atoms with van der Waals surface area (Å²) in [5.74, 6) is -0.470. The molecule has 0 fully saturated rings. The van der Waals surface area contributed by atoms with Gasteiger partial charge >= 0.3 is 0 Å². The summed E-state index contributed by atoms with van der Waals surface area (Å²) in [6.45, 7) is 4.22. The van der Waals surface area contributed by atoms with E-state index in [9.17, 15) is 9.59 Å². The van der Waals surface area contributed by atoms with Crippen LogP contribution < -0.4 is 10.7 Å². The molecule has 2 aromatic carbocycles. The summed E-state index contributed by atoms with van der Waals surface area (Å²) in [5, 5.41) is 3.37. The molecular weight excluding hydrogens is 422 g/mol. The minimum atomic E-state index is -0.470. The van der Waals surface area contributed by atoms with Gasteiger partial charge in [0.25, 0.3) is 5.91 Å². The second-order valence-corrected chi connectivity index (χ2v) is 7.97. The van der Waals surface area contributed by atoms with E-state index in [0.29, 0.717) is 28.5 Å². The van der Waals surface area contributed by atoms with Gasteiger partial charge in [0, 0.05) is 47.0 Å². The van der Waals surface area contributed by atoms with Gasteiger partial charge < -0.3 is 9.88 Å². The number of pyridine rings is 2. The number of nitrogens with one attached hydrogen (secondary N) is 1. The van der Waals surface area contributed by atoms with Gasteiger partial charge in [-0.2, -0.15) is 0 Å². The van der Waals surface area contributed by atoms with Gasteiger partial charge in [0.1, 0.15) is 5.56 Å². The lowest BCUT2D eigenvalue weighted by Crippen LogP contribution is -2.27. The summed E-state index contributed by atoms with van der Waals surface area (Å²) < 4.78 is 1.95. The first kappa shape index (κ1) is 21.5. The highest BCUT2D eigenvalue weighted by atomic mass is 35.5. The van der Waals surface area contributed by atoms with Crippen molar-refractivity contribution >= 4 is 23.2 Å². The van der Waals surface area contributed by atoms with Crippen molar-refractivity contribution in [1.82, 2.24) is 9.55 Å². The summed E-state index contributed by atoms with van der Waals surface area (Å²) in [4.78, 5) is 30.6. The molecule has 2 heterocycles. The van der Waals surface area contributed by atoms with Crippen molar-refractivity contribution in [3.8, 4) is 11.3 Å². The average Bonchev–Trinajstić information content (AvgIpc) is 2.78. The molecule has 0 atom stereocenters. The quantitative estimate of drug-likeness (QED) is 0.444. The maximum absolute atomic E-state index is 13.4. The van der Waals surface area contributed by atoms with E-state index in [1.807, 2.05) is 73.0 Å². The molecule has 32 heavy (non-hydrogen) atoms. The fraction of sp³-hybridized carbons (Fsp3) is 0.115. The highest BCUT2D eigenvalue weighted by molar-refractivity contribution is 6.33. The molecule has 0 bridgehead atoms. The van der Waals surface area contributed by atoms with Crippen LogP contribution in [0.2, 0.25) is 5.02 Å². The minimum absolute atomic E-state index is 0.0565. The third-order valence-electron chi connectivity index (χ3n) is 5.36. The van der Waals surface area contributed by atoms with Crippen LogP contribution in [0.4, 0.5) is 5.69 Å². The van der Waals surface area contributed by atoms with E-state index >= 15 is 0 Å². The lowest BCUT2D eigenvalue weighted by atomic mass is 10.0. The van der Waals surface area contributed by atoms with Crippen LogP contribution in [0.3, 0.4) is 0 Å². The fourth-order valence-corrected chi connectivity index (χ4v) is 3.92. The molecular formula is C26H22ClN3O2. The van der Waals surface area contributed by atoms with Crippen molar-refractivity contribution in [2.75, 3.05) is 5.32 Å². The first-order chi connectivity index (χ1) is 15.5. The summed E-state index contributed by atoms with van der Waals surface area (Å²) in [6.07, 6.45) is 3.43. The Balaban J connectivity index is 1.94. The summed E-state index contributed by atoms with van der Waals surface area (Å²) in [7, 11) is 0. The van der Waals surface area contributed by atoms with Crippen LogP contribution in [0, 0.1) is 13.8 Å². The number of halogens is 1. The Labute approximate surface area is 191 Å². The Morgan fingerprint density at radius 1 is 1.00 bits per heavy atom. The first-order valence-electron chi connectivity index (χ1n) is 10.2. The zero-order chi connectivity index (χ0) is 22.7. The third kappa shape index (κ3) is 4.34. The number of hydrogen-bond donors (Lipinski definition) is 1. The van der Waals surface area contributed by atoms with E-state index in [4.69, 9.17) is 11.6 Å². The van der Waals surface area contributed by atoms with Crippen molar-refractivity contribution in [3.05, 3.63) is 117 Å². The molecule has 160 valence electrons. The van der Waals surface area contributed by atoms with Gasteiger partial charge in [0.15, 0.2) is 5.43 Å². The Kier molecular flexibility index (Phi) is 6.19. The average molecular weight is 444 g/mol. The second kappa shape index (κ2) is 9.20. The van der Waals surface area contributed by atoms with Gasteiger partial charge in [-0.15, -0.1) is 0 Å². The molecule has 4 aromatic rings. The van der Waals surface area contributed by atoms with Gasteiger partial charge in [-0.05, 0) is 49.2 Å². The molecule has 0 spiro atoms. The van der Waals surface area contributed by atoms with E-state index in [2.05, 4.69) is 10.3 Å². The molecule has 0 unspecified atom stereocenters. The monoisotopic (exact) mass is 443 g/mol. The number of rotatable bonds is 5. The van der Waals surface area contributed by atoms with E-state index in [-0.39, 0.29) is 11.0 Å². The van der Waals surface area contributed by atoms with Crippen LogP contribution in [-0.4, -0.2) is 15.5 Å². The first-order valence-corrected chi connectivity index (χ1v) is 10.6. The van der Waals surface area contributed by atoms with Crippen LogP contribution in [-0.2, 0) is 6.54 Å². The molecule has 1 N–H and O–H groups in total. The molecule has 5 nitrogen and oxygen atoms in total. The van der Waals surface area contributed by atoms with Crippen molar-refractivity contribution < 1.29 is 4.79 Å². The predicted octanol–water partition coefficient (Wildman–Crippen LogP) is 5.48. The highest BCUT2D eigenvalue weighted by Crippen LogP contribution is 2.31. The zero-order valence-corrected chi connectivity index (χ0v) is 18.6. The molecule has 0 aliphatic rings. The van der Waals surface area contributed by atoms with E-state index < -0.39 is 5.91 Å². The largest absolute Gasteiger partial charge is 0.340 e. The van der Waals surface area contributed by atoms with Gasteiger partial charge in [0.05, 0.1) is 5.69 Å². The third-order valence-corrected chi connectivity index (χ3v) is 5.69. The normalized spacial score (nSPS) is 10.7. The standard InChI is InChI=1S/C26H22ClN3O2/c1-17-7-3-6-10-22(17)29-26(32)24-23(31)15-18(2)30(16-19-11-13-28-14-12-19)25(24)20-8-4-5-9-21(20)27/h3-15H,16H2,1-2H3,(H,29,32). The Hall–Kier alpha value is -3.70. The SMILES string of the molecule is Cc1ccccc1NC(=O)c1c(-c2ccccc2Cl)n(Cc2ccncc2)c(C)cc1=O. The molecule has 0 radical (unpaired) electrons. The van der Waals surface area contributed by atoms with Crippen molar-refractivity contribution in [2.45, 2.75) is 20.4 Å². The predicted molar refractivity (Wildman–Crippen MR) is 128 cm³/mol. The second-order valence-electron chi connectivity index (χ2n) is 7.56. The molecule has 4 rings (SSSR count). The van der Waals surface area contributed by atoms with Gasteiger partial charge in [-0.3, -0.25) is 14.6 Å². The topological polar surface area (TPSA) is 64.0 Å². The summed E-state index contributed by atoms with van der Waals surface area (Å²) >= 11 is 6.54. The maximum Gasteiger partial charge on any atom is 0.261 e. The number of benzene rings is 2. The van der Waals surface area contributed by atoms with Crippen molar-refractivity contribution in [3.63, 3.8) is 0 Å². The molecule has 0 aliphatic heterocycles. The van der Waals surface area contributed by atoms with Gasteiger partial charge in [-0.1, -0.05) is 48.0 Å². The number of nitrogens with zero attached hydrogens (tertiary/aromatic N) is 2. The number of hydrogen-bond acceptors (Lipinski definition) is 3. The Bertz CT molecular complexity index is 1350. The van der Waals surface area contributed by atoms with Gasteiger partial charge in [-0.25, -0.2) is 0 Å². The van der Waals surface area contributed by atoms with Crippen LogP contribution >= 0.6 is 11.6 Å². The van der Waals surface area contributed by atoms with E-state index in [1.165, 1.54) is 6.07 Å². The Morgan fingerprint density at radius 2 is 1.69 bits per heavy atom. The van der Waals surface area contributed by atoms with E-state index in [0.717, 1.165) is 16.8 Å². The number of anilines is 1. The van der Waals surface area contributed by atoms with Crippen LogP contribution in [0.5, 0.6) is 0 Å². The van der Waals surface area contributed by atoms with Crippen LogP contribution in [0.1, 0.15) is 27.2 Å². The zero-order valence-electron chi connectivity index (χ0n) is 17.8. The smallest absolute Gasteiger partial charge is 0.261 e. The van der Waals surface area contributed by atoms with Crippen LogP contribution in [0.15, 0.2) is 83.9 Å². The number of para-hydroxylation sites is 1. The number of carbonyl (C=O) groups excluding carboxylic acids is 1. The van der Waals surface area contributed by atoms with Crippen molar-refractivity contribution in [1.29, 1.82) is 0 Å². The fourth-order valence-electron chi connectivity index (χ4n) is 3.69. The lowest BCUT2D eigenvalue weighted by Gasteiger charge is -2.21. The molecule has 6 heteroatoms. The number of amides is 1. The molecule has 0 saturated carbocycles. The number of aryl methyl sites for hydroxylation is 2.